The van der Waals surface area contributed by atoms with Gasteiger partial charge < -0.3 is 0 Å². The molecule has 0 saturated carbocycles. The Balaban J connectivity index is 1.38. The second-order valence-electron chi connectivity index (χ2n) is 13.6. The van der Waals surface area contributed by atoms with Gasteiger partial charge in [0.2, 0.25) is 0 Å². The van der Waals surface area contributed by atoms with Crippen LogP contribution in [0, 0.1) is 0 Å². The average Bonchev–Trinajstić information content (AvgIpc) is 3.23. The summed E-state index contributed by atoms with van der Waals surface area (Å²) in [6.07, 6.45) is 0. The van der Waals surface area contributed by atoms with E-state index >= 15 is 0 Å². The Morgan fingerprint density at radius 3 is 1.17 bits per heavy atom. The maximum atomic E-state index is 2.43. The summed E-state index contributed by atoms with van der Waals surface area (Å²) in [5.74, 6) is 0. The first-order valence-electron chi connectivity index (χ1n) is 18.0. The molecule has 10 rings (SSSR count). The summed E-state index contributed by atoms with van der Waals surface area (Å²) in [6.45, 7) is 0. The third-order valence-corrected chi connectivity index (χ3v) is 10.7. The fourth-order valence-electron chi connectivity index (χ4n) is 8.27. The maximum Gasteiger partial charge on any atom is -0.00199 e. The lowest BCUT2D eigenvalue weighted by Crippen LogP contribution is -1.94. The Kier molecular flexibility index (Phi) is 7.25. The van der Waals surface area contributed by atoms with Crippen LogP contribution in [0.15, 0.2) is 206 Å². The zero-order valence-electron chi connectivity index (χ0n) is 28.6. The van der Waals surface area contributed by atoms with Gasteiger partial charge in [-0.1, -0.05) is 194 Å². The molecule has 0 fully saturated rings. The van der Waals surface area contributed by atoms with Gasteiger partial charge in [0.15, 0.2) is 0 Å². The minimum Gasteiger partial charge on any atom is -0.0622 e. The van der Waals surface area contributed by atoms with Crippen molar-refractivity contribution in [2.45, 2.75) is 0 Å². The maximum absolute atomic E-state index is 2.43. The molecule has 0 radical (unpaired) electrons. The van der Waals surface area contributed by atoms with E-state index < -0.39 is 0 Å². The van der Waals surface area contributed by atoms with Crippen LogP contribution >= 0.6 is 0 Å². The van der Waals surface area contributed by atoms with Gasteiger partial charge in [0.1, 0.15) is 0 Å². The lowest BCUT2D eigenvalue weighted by Gasteiger charge is -2.21. The highest BCUT2D eigenvalue weighted by Gasteiger charge is 2.21. The Morgan fingerprint density at radius 1 is 0.192 bits per heavy atom. The van der Waals surface area contributed by atoms with E-state index in [9.17, 15) is 0 Å². The van der Waals surface area contributed by atoms with Crippen LogP contribution in [0.4, 0.5) is 0 Å². The Bertz CT molecular complexity index is 2920. The number of fused-ring (bicyclic) bond motifs is 4. The van der Waals surface area contributed by atoms with E-state index in [-0.39, 0.29) is 0 Å². The zero-order valence-corrected chi connectivity index (χ0v) is 28.6. The molecular formula is C52H34. The van der Waals surface area contributed by atoms with Crippen molar-refractivity contribution in [2.24, 2.45) is 0 Å². The van der Waals surface area contributed by atoms with Crippen molar-refractivity contribution in [3.05, 3.63) is 206 Å². The number of hydrogen-bond donors (Lipinski definition) is 0. The van der Waals surface area contributed by atoms with Crippen molar-refractivity contribution < 1.29 is 0 Å². The largest absolute Gasteiger partial charge is 0.0622 e. The van der Waals surface area contributed by atoms with Crippen molar-refractivity contribution in [1.29, 1.82) is 0 Å². The quantitative estimate of drug-likeness (QED) is 0.161. The third-order valence-electron chi connectivity index (χ3n) is 10.7. The first-order chi connectivity index (χ1) is 25.8. The van der Waals surface area contributed by atoms with E-state index in [4.69, 9.17) is 0 Å². The molecule has 0 aliphatic heterocycles. The molecule has 0 nitrogen and oxygen atoms in total. The van der Waals surface area contributed by atoms with Crippen LogP contribution in [-0.2, 0) is 0 Å². The first-order valence-corrected chi connectivity index (χ1v) is 18.0. The standard InChI is InChI=1S/C52H34/c1-4-15-35(16-5-1)39-30-32-48-49(33-39)51(45-27-12-22-38-21-10-11-23-42(38)45)47-31-29-40(36-17-6-2-7-18-36)34-50(47)52(48)46-28-14-25-43-41(24-13-26-44(43)46)37-19-8-3-9-20-37/h1-34H. The van der Waals surface area contributed by atoms with Gasteiger partial charge in [0.05, 0.1) is 0 Å². The number of rotatable bonds is 5. The highest BCUT2D eigenvalue weighted by molar-refractivity contribution is 6.26. The monoisotopic (exact) mass is 658 g/mol. The zero-order chi connectivity index (χ0) is 34.4. The van der Waals surface area contributed by atoms with Crippen molar-refractivity contribution in [2.75, 3.05) is 0 Å². The van der Waals surface area contributed by atoms with E-state index in [0.717, 1.165) is 0 Å². The summed E-state index contributed by atoms with van der Waals surface area (Å²) in [5.41, 5.74) is 12.4. The minimum atomic E-state index is 1.21. The van der Waals surface area contributed by atoms with Crippen molar-refractivity contribution in [3.8, 4) is 55.6 Å². The molecule has 0 aromatic heterocycles. The fourth-order valence-corrected chi connectivity index (χ4v) is 8.27. The molecule has 0 aliphatic carbocycles. The van der Waals surface area contributed by atoms with E-state index in [2.05, 4.69) is 206 Å². The molecule has 52 heavy (non-hydrogen) atoms. The molecule has 0 aliphatic rings. The summed E-state index contributed by atoms with van der Waals surface area (Å²) in [7, 11) is 0. The molecule has 10 aromatic carbocycles. The number of benzene rings is 10. The average molecular weight is 659 g/mol. The van der Waals surface area contributed by atoms with Gasteiger partial charge in [0.25, 0.3) is 0 Å². The predicted octanol–water partition coefficient (Wildman–Crippen LogP) is 14.6. The van der Waals surface area contributed by atoms with Gasteiger partial charge in [-0.25, -0.2) is 0 Å². The third kappa shape index (κ3) is 5.00. The summed E-state index contributed by atoms with van der Waals surface area (Å²) in [6, 6.07) is 75.6. The molecule has 0 heterocycles. The van der Waals surface area contributed by atoms with Crippen LogP contribution < -0.4 is 0 Å². The fraction of sp³-hybridized carbons (Fsp3) is 0. The Morgan fingerprint density at radius 2 is 0.596 bits per heavy atom. The van der Waals surface area contributed by atoms with E-state index in [1.165, 1.54) is 98.7 Å². The van der Waals surface area contributed by atoms with Crippen molar-refractivity contribution in [3.63, 3.8) is 0 Å². The second-order valence-corrected chi connectivity index (χ2v) is 13.6. The highest BCUT2D eigenvalue weighted by atomic mass is 14.2. The molecule has 0 atom stereocenters. The molecule has 0 saturated heterocycles. The van der Waals surface area contributed by atoms with Gasteiger partial charge in [-0.2, -0.15) is 0 Å². The summed E-state index contributed by atoms with van der Waals surface area (Å²) >= 11 is 0. The Labute approximate surface area is 303 Å². The predicted molar refractivity (Wildman–Crippen MR) is 224 cm³/mol. The molecule has 0 N–H and O–H groups in total. The lowest BCUT2D eigenvalue weighted by molar-refractivity contribution is 1.63. The van der Waals surface area contributed by atoms with Crippen LogP contribution in [0.1, 0.15) is 0 Å². The minimum absolute atomic E-state index is 1.21. The molecule has 0 unspecified atom stereocenters. The van der Waals surface area contributed by atoms with Crippen LogP contribution in [0.3, 0.4) is 0 Å². The number of hydrogen-bond acceptors (Lipinski definition) is 0. The van der Waals surface area contributed by atoms with E-state index in [1.807, 2.05) is 0 Å². The Hall–Kier alpha value is -6.76. The summed E-state index contributed by atoms with van der Waals surface area (Å²) in [4.78, 5) is 0. The molecule has 0 heteroatoms. The van der Waals surface area contributed by atoms with Crippen LogP contribution in [0.2, 0.25) is 0 Å². The van der Waals surface area contributed by atoms with Gasteiger partial charge >= 0.3 is 0 Å². The van der Waals surface area contributed by atoms with E-state index in [0.29, 0.717) is 0 Å². The van der Waals surface area contributed by atoms with Gasteiger partial charge in [-0.15, -0.1) is 0 Å². The van der Waals surface area contributed by atoms with Gasteiger partial charge in [0, 0.05) is 0 Å². The summed E-state index contributed by atoms with van der Waals surface area (Å²) in [5, 5.41) is 10.0. The molecule has 242 valence electrons. The van der Waals surface area contributed by atoms with Crippen LogP contribution in [-0.4, -0.2) is 0 Å². The van der Waals surface area contributed by atoms with Crippen LogP contribution in [0.5, 0.6) is 0 Å². The normalized spacial score (nSPS) is 11.5. The molecule has 0 spiro atoms. The van der Waals surface area contributed by atoms with E-state index in [1.54, 1.807) is 0 Å². The SMILES string of the molecule is c1ccc(-c2ccc3c(-c4cccc5c(-c6ccccc6)cccc45)c4cc(-c5ccccc5)ccc4c(-c4cccc5ccccc45)c3c2)cc1. The smallest absolute Gasteiger partial charge is 0.00199 e. The summed E-state index contributed by atoms with van der Waals surface area (Å²) < 4.78 is 0. The lowest BCUT2D eigenvalue weighted by atomic mass is 9.81. The van der Waals surface area contributed by atoms with Crippen LogP contribution in [0.25, 0.3) is 98.7 Å². The molecule has 10 aromatic rings. The molecular weight excluding hydrogens is 625 g/mol. The first kappa shape index (κ1) is 30.1. The van der Waals surface area contributed by atoms with Crippen molar-refractivity contribution >= 4 is 43.1 Å². The topological polar surface area (TPSA) is 0 Å². The molecule has 0 bridgehead atoms. The van der Waals surface area contributed by atoms with Gasteiger partial charge in [-0.3, -0.25) is 0 Å². The van der Waals surface area contributed by atoms with Gasteiger partial charge in [-0.05, 0) is 111 Å². The van der Waals surface area contributed by atoms with Crippen molar-refractivity contribution in [1.82, 2.24) is 0 Å². The second kappa shape index (κ2) is 12.5. The highest BCUT2D eigenvalue weighted by Crippen LogP contribution is 2.49. The molecule has 0 amide bonds.